The lowest BCUT2D eigenvalue weighted by molar-refractivity contribution is -0.338. The van der Waals surface area contributed by atoms with Crippen molar-refractivity contribution in [3.8, 4) is 11.1 Å². The average Bonchev–Trinajstić information content (AvgIpc) is 1.51. The van der Waals surface area contributed by atoms with E-state index in [0.29, 0.717) is 85.5 Å². The lowest BCUT2D eigenvalue weighted by atomic mass is 9.89. The molecule has 3 atom stereocenters. The highest BCUT2D eigenvalue weighted by molar-refractivity contribution is 7.91. The Kier molecular flexibility index (Phi) is 44.1. The molecule has 0 saturated carbocycles. The van der Waals surface area contributed by atoms with E-state index in [-0.39, 0.29) is 168 Å². The summed E-state index contributed by atoms with van der Waals surface area (Å²) >= 11 is 12.7. The number of nitrogens with zero attached hydrogens (tertiary/aromatic N) is 4. The van der Waals surface area contributed by atoms with Gasteiger partial charge in [-0.1, -0.05) is 140 Å². The number of fused-ring (bicyclic) bond motifs is 2. The second-order valence-electron chi connectivity index (χ2n) is 32.5. The number of hydrazone groups is 1. The highest BCUT2D eigenvalue weighted by atomic mass is 35.5. The molecule has 0 radical (unpaired) electrons. The number of carbonyl (C=O) groups excluding carboxylic acids is 7. The van der Waals surface area contributed by atoms with Crippen LogP contribution in [0.25, 0.3) is 22.5 Å². The van der Waals surface area contributed by atoms with Crippen LogP contribution < -0.4 is 64.1 Å². The van der Waals surface area contributed by atoms with Crippen molar-refractivity contribution in [2.24, 2.45) is 22.6 Å². The summed E-state index contributed by atoms with van der Waals surface area (Å²) in [6, 6.07) is 32.6. The molecule has 13 N–H and O–H groups in total. The minimum Gasteiger partial charge on any atom is -0.445 e. The van der Waals surface area contributed by atoms with Crippen LogP contribution in [0.15, 0.2) is 162 Å². The Balaban J connectivity index is 0.673. The predicted molar refractivity (Wildman–Crippen MR) is 498 cm³/mol. The molecule has 1 unspecified atom stereocenters. The molecule has 0 bridgehead atoms. The maximum absolute atomic E-state index is 14.1. The zero-order chi connectivity index (χ0) is 97.4. The second-order valence-corrected chi connectivity index (χ2v) is 35.4. The number of sulfone groups is 1. The highest BCUT2D eigenvalue weighted by Gasteiger charge is 2.74. The number of nitrogens with one attached hydrogen (secondary N) is 8. The Morgan fingerprint density at radius 1 is 0.642 bits per heavy atom. The Morgan fingerprint density at radius 2 is 1.23 bits per heavy atom. The molecule has 0 fully saturated rings. The number of carbonyl (C=O) groups is 7. The van der Waals surface area contributed by atoms with E-state index in [4.69, 9.17) is 72.7 Å². The van der Waals surface area contributed by atoms with Gasteiger partial charge in [-0.15, -0.1) is 6.58 Å². The first-order valence-corrected chi connectivity index (χ1v) is 46.5. The molecule has 8 rings (SSSR count). The van der Waals surface area contributed by atoms with Crippen molar-refractivity contribution in [2.75, 3.05) is 153 Å². The van der Waals surface area contributed by atoms with Gasteiger partial charge in [-0.2, -0.15) is 31.4 Å². The first-order valence-electron chi connectivity index (χ1n) is 44.1. The summed E-state index contributed by atoms with van der Waals surface area (Å²) in [6.45, 7) is 17.4. The zero-order valence-electron chi connectivity index (χ0n) is 75.8. The molecule has 41 heteroatoms. The second kappa shape index (κ2) is 54.3. The lowest BCUT2D eigenvalue weighted by Crippen LogP contribution is -2.62. The number of alkyl halides is 6. The molecule has 0 aliphatic carbocycles. The monoisotopic (exact) mass is 1940 g/mol. The van der Waals surface area contributed by atoms with Gasteiger partial charge in [-0.25, -0.2) is 18.0 Å². The standard InChI is InChI=1S/C93H122Cl2F6N14O18S/c1-7-8-13-38-90(4,5)107-42-47-129-51-55-131-54-50-128-46-41-105-83-71-21-10-9-18-68(71)61-114(76-26-12-11-22-72(76)84(83)111-103)81(118)36-35-79(116)104-40-45-127-49-53-132-57-56-130-52-48-126-44-37-80(117)110-82(63(2)3)87(120)109-75(25-16-39-106-88(102)121)86(119)108-69-33-27-64(28-34-69)62-133-89(122)113(6)43-17-58-134(124,125)70-20-14-19-67(59-70)65-29-31-66(32-30-65)77-60-78(91(123,92(96,97)98)93(99,100)101)112-115(77)85-73(94)23-15-24-74(85)95/h7,9-12,14-15,18-24,26-34,59,63,75,77,82,105,107,111,123H,1,8,13,16-17,25,35-58,60-62,103H2,2-6H3,(H,104,116)(H,108,119)(H,109,120)(H,110,117)(H3,102,106,121)/t75-,77?,82-/m0/s1. The Bertz CT molecular complexity index is 4970. The van der Waals surface area contributed by atoms with Crippen molar-refractivity contribution in [1.82, 2.24) is 42.2 Å². The number of para-hydroxylation sites is 2. The summed E-state index contributed by atoms with van der Waals surface area (Å²) in [5.41, 5.74) is 7.11. The van der Waals surface area contributed by atoms with E-state index in [9.17, 15) is 73.4 Å². The third kappa shape index (κ3) is 33.8. The fraction of sp³-hybridized carbons (Fsp3) is 0.484. The number of rotatable bonds is 58. The first-order chi connectivity index (χ1) is 64.0. The van der Waals surface area contributed by atoms with Crippen LogP contribution in [0.5, 0.6) is 0 Å². The zero-order valence-corrected chi connectivity index (χ0v) is 78.1. The van der Waals surface area contributed by atoms with Crippen LogP contribution >= 0.6 is 23.2 Å². The molecular weight excluding hydrogens is 1820 g/mol. The fourth-order valence-electron chi connectivity index (χ4n) is 14.4. The molecule has 2 aliphatic heterocycles. The molecule has 2 heterocycles. The Morgan fingerprint density at radius 3 is 1.84 bits per heavy atom. The first kappa shape index (κ1) is 109. The maximum Gasteiger partial charge on any atom is 0.431 e. The van der Waals surface area contributed by atoms with E-state index >= 15 is 0 Å². The topological polar surface area (TPSA) is 418 Å². The quantitative estimate of drug-likeness (QED) is 0.00555. The molecule has 6 aromatic carbocycles. The SMILES string of the molecule is C=CCCCC(C)(C)NCCOCCOCCOCCNC1=C(NN)c2ccccc2N(C(=O)CCC(=O)NCCOCCOCCOCCOCCC(=O)N[C@H](C(=O)N[C@@H](CCCNC(N)=O)C(=O)Nc2ccc(COC(=O)N(C)CCCS(=O)(=O)c3cccc(-c4ccc(C5CC(C(O)(C(F)(F)F)C(F)(F)F)=NN5c5c(Cl)cccc5Cl)cc4)c3)cc2)C(C)C)Cc2ccccc21. The fourth-order valence-corrected chi connectivity index (χ4v) is 16.3. The van der Waals surface area contributed by atoms with Crippen LogP contribution in [0.2, 0.25) is 10.0 Å². The van der Waals surface area contributed by atoms with Crippen molar-refractivity contribution in [1.29, 1.82) is 0 Å². The van der Waals surface area contributed by atoms with E-state index in [1.165, 1.54) is 84.7 Å². The van der Waals surface area contributed by atoms with Gasteiger partial charge >= 0.3 is 24.5 Å². The van der Waals surface area contributed by atoms with Crippen molar-refractivity contribution in [3.63, 3.8) is 0 Å². The third-order valence-electron chi connectivity index (χ3n) is 21.7. The number of allylic oxidation sites excluding steroid dienone is 1. The molecule has 0 aromatic heterocycles. The number of benzene rings is 6. The van der Waals surface area contributed by atoms with Gasteiger partial charge in [0.25, 0.3) is 5.60 Å². The number of halogens is 8. The molecule has 6 aromatic rings. The largest absolute Gasteiger partial charge is 0.445 e. The van der Waals surface area contributed by atoms with Gasteiger partial charge in [-0.3, -0.25) is 34.8 Å². The van der Waals surface area contributed by atoms with Crippen molar-refractivity contribution >= 4 is 109 Å². The van der Waals surface area contributed by atoms with E-state index in [1.807, 2.05) is 54.6 Å². The number of urea groups is 1. The summed E-state index contributed by atoms with van der Waals surface area (Å²) in [6.07, 6.45) is -9.14. The average molecular weight is 1940 g/mol. The van der Waals surface area contributed by atoms with Gasteiger partial charge in [0.15, 0.2) is 9.84 Å². The molecule has 0 spiro atoms. The van der Waals surface area contributed by atoms with Crippen molar-refractivity contribution in [3.05, 3.63) is 190 Å². The van der Waals surface area contributed by atoms with E-state index < -0.39 is 99.6 Å². The number of aliphatic hydroxyl groups is 1. The van der Waals surface area contributed by atoms with Gasteiger partial charge in [0, 0.05) is 87.8 Å². The van der Waals surface area contributed by atoms with Crippen molar-refractivity contribution in [2.45, 2.75) is 152 Å². The summed E-state index contributed by atoms with van der Waals surface area (Å²) in [7, 11) is -2.58. The smallest absolute Gasteiger partial charge is 0.431 e. The molecule has 32 nitrogen and oxygen atoms in total. The van der Waals surface area contributed by atoms with E-state index in [1.54, 1.807) is 36.9 Å². The number of amides is 8. The van der Waals surface area contributed by atoms with Crippen LogP contribution in [-0.2, 0) is 84.9 Å². The van der Waals surface area contributed by atoms with Gasteiger partial charge in [-0.05, 0) is 129 Å². The van der Waals surface area contributed by atoms with E-state index in [0.717, 1.165) is 47.6 Å². The molecular formula is C93H122Cl2F6N14O18S. The Hall–Kier alpha value is -10.5. The lowest BCUT2D eigenvalue weighted by Gasteiger charge is -2.32. The molecule has 2 aliphatic rings. The number of hydrogen-bond donors (Lipinski definition) is 11. The van der Waals surface area contributed by atoms with Crippen LogP contribution in [0.1, 0.15) is 126 Å². The number of ether oxygens (including phenoxy) is 8. The summed E-state index contributed by atoms with van der Waals surface area (Å²) in [5.74, 6) is 3.09. The summed E-state index contributed by atoms with van der Waals surface area (Å²) < 4.78 is 157. The van der Waals surface area contributed by atoms with Gasteiger partial charge < -0.3 is 101 Å². The summed E-state index contributed by atoms with van der Waals surface area (Å²) in [5, 5.41) is 35.0. The highest BCUT2D eigenvalue weighted by Crippen LogP contribution is 2.51. The van der Waals surface area contributed by atoms with Crippen LogP contribution in [0.4, 0.5) is 53.0 Å². The number of unbranched alkanes of at least 4 members (excludes halogenated alkanes) is 1. The van der Waals surface area contributed by atoms with E-state index in [2.05, 4.69) is 68.2 Å². The number of anilines is 3. The third-order valence-corrected chi connectivity index (χ3v) is 24.1. The maximum atomic E-state index is 14.1. The molecule has 734 valence electrons. The number of hydrazine groups is 1. The van der Waals surface area contributed by atoms with Gasteiger partial charge in [0.2, 0.25) is 29.5 Å². The molecule has 0 saturated heterocycles. The van der Waals surface area contributed by atoms with Crippen molar-refractivity contribution < 1.29 is 111 Å². The summed E-state index contributed by atoms with van der Waals surface area (Å²) in [4.78, 5) is 95.3. The van der Waals surface area contributed by atoms with Crippen LogP contribution in [0.3, 0.4) is 0 Å². The van der Waals surface area contributed by atoms with Gasteiger partial charge in [0.05, 0.1) is 154 Å². The number of nitrogens with two attached hydrogens (primary N) is 2. The number of primary amides is 1. The molecule has 8 amide bonds. The Labute approximate surface area is 786 Å². The van der Waals surface area contributed by atoms with Crippen LogP contribution in [0, 0.1) is 5.92 Å². The van der Waals surface area contributed by atoms with Gasteiger partial charge in [0.1, 0.15) is 18.7 Å². The predicted octanol–water partition coefficient (Wildman–Crippen LogP) is 11.8. The number of hydrogen-bond acceptors (Lipinski definition) is 24. The minimum atomic E-state index is -6.22. The van der Waals surface area contributed by atoms with Crippen LogP contribution in [-0.4, -0.2) is 239 Å². The normalized spacial score (nSPS) is 14.1. The minimum absolute atomic E-state index is 0.00287. The molecule has 134 heavy (non-hydrogen) atoms.